The molecule has 1 N–H and O–H groups in total. The van der Waals surface area contributed by atoms with Crippen LogP contribution in [0.2, 0.25) is 0 Å². The van der Waals surface area contributed by atoms with Crippen LogP contribution >= 0.6 is 0 Å². The molecule has 3 rings (SSSR count). The van der Waals surface area contributed by atoms with E-state index in [-0.39, 0.29) is 18.0 Å². The quantitative estimate of drug-likeness (QED) is 0.830. The van der Waals surface area contributed by atoms with Crippen LogP contribution in [0.3, 0.4) is 0 Å². The fourth-order valence-electron chi connectivity index (χ4n) is 3.06. The van der Waals surface area contributed by atoms with Crippen LogP contribution < -0.4 is 5.32 Å². The summed E-state index contributed by atoms with van der Waals surface area (Å²) in [5.41, 5.74) is 2.34. The first-order valence-electron chi connectivity index (χ1n) is 7.41. The maximum atomic E-state index is 12.4. The van der Waals surface area contributed by atoms with Crippen LogP contribution in [0.25, 0.3) is 0 Å². The van der Waals surface area contributed by atoms with Crippen molar-refractivity contribution in [3.63, 3.8) is 0 Å². The second-order valence-electron chi connectivity index (χ2n) is 5.82. The molecule has 0 bridgehead atoms. The van der Waals surface area contributed by atoms with Gasteiger partial charge in [-0.15, -0.1) is 0 Å². The standard InChI is InChI=1S/C16H22N2O2/c1-18-8-6-13(7-9-18)20-16(19)15-11-17-10-12-4-2-3-5-14(12)15/h2-5,13,15,17H,6-11H2,1H3. The number of piperidine rings is 1. The van der Waals surface area contributed by atoms with Crippen molar-refractivity contribution in [2.75, 3.05) is 26.7 Å². The summed E-state index contributed by atoms with van der Waals surface area (Å²) in [5.74, 6) is -0.223. The van der Waals surface area contributed by atoms with Gasteiger partial charge in [0, 0.05) is 26.2 Å². The molecule has 1 unspecified atom stereocenters. The second-order valence-corrected chi connectivity index (χ2v) is 5.82. The smallest absolute Gasteiger partial charge is 0.315 e. The lowest BCUT2D eigenvalue weighted by atomic mass is 9.91. The lowest BCUT2D eigenvalue weighted by Gasteiger charge is -2.31. The van der Waals surface area contributed by atoms with E-state index in [1.165, 1.54) is 5.56 Å². The number of ether oxygens (including phenoxy) is 1. The molecule has 0 spiro atoms. The highest BCUT2D eigenvalue weighted by Gasteiger charge is 2.30. The molecule has 0 aliphatic carbocycles. The van der Waals surface area contributed by atoms with Gasteiger partial charge < -0.3 is 15.0 Å². The molecule has 0 aromatic heterocycles. The van der Waals surface area contributed by atoms with Crippen molar-refractivity contribution in [2.45, 2.75) is 31.4 Å². The van der Waals surface area contributed by atoms with E-state index in [1.807, 2.05) is 12.1 Å². The molecule has 0 amide bonds. The summed E-state index contributed by atoms with van der Waals surface area (Å²) in [5, 5.41) is 3.31. The number of esters is 1. The van der Waals surface area contributed by atoms with Crippen molar-refractivity contribution >= 4 is 5.97 Å². The summed E-state index contributed by atoms with van der Waals surface area (Å²) in [6.07, 6.45) is 1.99. The Morgan fingerprint density at radius 1 is 1.30 bits per heavy atom. The molecule has 1 saturated heterocycles. The third-order valence-corrected chi connectivity index (χ3v) is 4.33. The van der Waals surface area contributed by atoms with E-state index in [0.717, 1.165) is 38.0 Å². The van der Waals surface area contributed by atoms with E-state index in [2.05, 4.69) is 29.4 Å². The fourth-order valence-corrected chi connectivity index (χ4v) is 3.06. The van der Waals surface area contributed by atoms with Gasteiger partial charge in [-0.05, 0) is 31.0 Å². The van der Waals surface area contributed by atoms with Gasteiger partial charge in [0.1, 0.15) is 6.10 Å². The molecule has 4 heteroatoms. The number of nitrogens with one attached hydrogen (secondary N) is 1. The van der Waals surface area contributed by atoms with E-state index in [0.29, 0.717) is 6.54 Å². The van der Waals surface area contributed by atoms with Crippen molar-refractivity contribution in [3.05, 3.63) is 35.4 Å². The van der Waals surface area contributed by atoms with Crippen LogP contribution in [0.1, 0.15) is 29.9 Å². The molecule has 1 aromatic rings. The number of hydrogen-bond acceptors (Lipinski definition) is 4. The SMILES string of the molecule is CN1CCC(OC(=O)C2CNCc3ccccc32)CC1. The average molecular weight is 274 g/mol. The Kier molecular flexibility index (Phi) is 4.03. The zero-order valence-electron chi connectivity index (χ0n) is 12.0. The maximum absolute atomic E-state index is 12.4. The Labute approximate surface area is 120 Å². The zero-order valence-corrected chi connectivity index (χ0v) is 12.0. The van der Waals surface area contributed by atoms with Gasteiger partial charge in [-0.2, -0.15) is 0 Å². The number of carbonyl (C=O) groups is 1. The molecule has 2 aliphatic heterocycles. The molecule has 20 heavy (non-hydrogen) atoms. The van der Waals surface area contributed by atoms with Crippen LogP contribution in [0.5, 0.6) is 0 Å². The molecule has 4 nitrogen and oxygen atoms in total. The monoisotopic (exact) mass is 274 g/mol. The maximum Gasteiger partial charge on any atom is 0.315 e. The number of rotatable bonds is 2. The van der Waals surface area contributed by atoms with Gasteiger partial charge in [-0.25, -0.2) is 0 Å². The Bertz CT molecular complexity index is 481. The van der Waals surface area contributed by atoms with Crippen molar-refractivity contribution in [2.24, 2.45) is 0 Å². The molecule has 0 saturated carbocycles. The fraction of sp³-hybridized carbons (Fsp3) is 0.562. The number of hydrogen-bond donors (Lipinski definition) is 1. The lowest BCUT2D eigenvalue weighted by molar-refractivity contribution is -0.153. The topological polar surface area (TPSA) is 41.6 Å². The summed E-state index contributed by atoms with van der Waals surface area (Å²) in [7, 11) is 2.11. The zero-order chi connectivity index (χ0) is 13.9. The summed E-state index contributed by atoms with van der Waals surface area (Å²) >= 11 is 0. The van der Waals surface area contributed by atoms with E-state index in [4.69, 9.17) is 4.74 Å². The van der Waals surface area contributed by atoms with E-state index >= 15 is 0 Å². The normalized spacial score (nSPS) is 24.1. The second kappa shape index (κ2) is 5.94. The highest BCUT2D eigenvalue weighted by atomic mass is 16.5. The Hall–Kier alpha value is -1.39. The van der Waals surface area contributed by atoms with Crippen LogP contribution in [0.15, 0.2) is 24.3 Å². The summed E-state index contributed by atoms with van der Waals surface area (Å²) in [4.78, 5) is 14.7. The highest BCUT2D eigenvalue weighted by Crippen LogP contribution is 2.26. The predicted molar refractivity (Wildman–Crippen MR) is 77.5 cm³/mol. The predicted octanol–water partition coefficient (Wildman–Crippen LogP) is 1.51. The van der Waals surface area contributed by atoms with Gasteiger partial charge in [-0.3, -0.25) is 4.79 Å². The first kappa shape index (κ1) is 13.6. The summed E-state index contributed by atoms with van der Waals surface area (Å²) in [6, 6.07) is 8.15. The molecule has 1 atom stereocenters. The Morgan fingerprint density at radius 2 is 2.05 bits per heavy atom. The average Bonchev–Trinajstić information content (AvgIpc) is 2.49. The molecule has 2 aliphatic rings. The first-order chi connectivity index (χ1) is 9.74. The van der Waals surface area contributed by atoms with Crippen molar-refractivity contribution in [3.8, 4) is 0 Å². The Morgan fingerprint density at radius 3 is 2.85 bits per heavy atom. The number of carbonyl (C=O) groups excluding carboxylic acids is 1. The van der Waals surface area contributed by atoms with Gasteiger partial charge >= 0.3 is 5.97 Å². The minimum absolute atomic E-state index is 0.0702. The third-order valence-electron chi connectivity index (χ3n) is 4.33. The van der Waals surface area contributed by atoms with Gasteiger partial charge in [0.15, 0.2) is 0 Å². The molecule has 2 heterocycles. The minimum Gasteiger partial charge on any atom is -0.462 e. The third kappa shape index (κ3) is 2.86. The van der Waals surface area contributed by atoms with Crippen molar-refractivity contribution in [1.82, 2.24) is 10.2 Å². The number of nitrogens with zero attached hydrogens (tertiary/aromatic N) is 1. The number of benzene rings is 1. The summed E-state index contributed by atoms with van der Waals surface area (Å²) < 4.78 is 5.73. The highest BCUT2D eigenvalue weighted by molar-refractivity contribution is 5.79. The largest absolute Gasteiger partial charge is 0.462 e. The Balaban J connectivity index is 1.66. The van der Waals surface area contributed by atoms with Crippen LogP contribution in [-0.2, 0) is 16.1 Å². The number of fused-ring (bicyclic) bond motifs is 1. The molecular formula is C16H22N2O2. The van der Waals surface area contributed by atoms with E-state index in [1.54, 1.807) is 0 Å². The van der Waals surface area contributed by atoms with Crippen LogP contribution in [0.4, 0.5) is 0 Å². The lowest BCUT2D eigenvalue weighted by Crippen LogP contribution is -2.39. The first-order valence-corrected chi connectivity index (χ1v) is 7.41. The molecule has 0 radical (unpaired) electrons. The molecule has 108 valence electrons. The van der Waals surface area contributed by atoms with Crippen molar-refractivity contribution in [1.29, 1.82) is 0 Å². The van der Waals surface area contributed by atoms with Gasteiger partial charge in [-0.1, -0.05) is 24.3 Å². The van der Waals surface area contributed by atoms with E-state index < -0.39 is 0 Å². The summed E-state index contributed by atoms with van der Waals surface area (Å²) in [6.45, 7) is 3.55. The van der Waals surface area contributed by atoms with Gasteiger partial charge in [0.05, 0.1) is 5.92 Å². The van der Waals surface area contributed by atoms with Crippen molar-refractivity contribution < 1.29 is 9.53 Å². The van der Waals surface area contributed by atoms with Crippen LogP contribution in [0, 0.1) is 0 Å². The van der Waals surface area contributed by atoms with E-state index in [9.17, 15) is 4.79 Å². The van der Waals surface area contributed by atoms with Gasteiger partial charge in [0.2, 0.25) is 0 Å². The molecule has 1 fully saturated rings. The molecule has 1 aromatic carbocycles. The molecular weight excluding hydrogens is 252 g/mol. The van der Waals surface area contributed by atoms with Crippen LogP contribution in [-0.4, -0.2) is 43.7 Å². The minimum atomic E-state index is -0.153. The van der Waals surface area contributed by atoms with Gasteiger partial charge in [0.25, 0.3) is 0 Å². The number of likely N-dealkylation sites (tertiary alicyclic amines) is 1.